The third-order valence-corrected chi connectivity index (χ3v) is 4.92. The summed E-state index contributed by atoms with van der Waals surface area (Å²) in [5.74, 6) is -0.515. The Morgan fingerprint density at radius 2 is 1.74 bits per heavy atom. The Labute approximate surface area is 115 Å². The molecule has 19 heavy (non-hydrogen) atoms. The van der Waals surface area contributed by atoms with Crippen LogP contribution >= 0.6 is 0 Å². The largest absolute Gasteiger partial charge is 0.376 e. The number of halogens is 1. The molecule has 2 rings (SSSR count). The van der Waals surface area contributed by atoms with E-state index in [2.05, 4.69) is 33.0 Å². The van der Waals surface area contributed by atoms with Crippen LogP contribution in [0.2, 0.25) is 0 Å². The molecule has 2 aliphatic heterocycles. The molecule has 112 valence electrons. The van der Waals surface area contributed by atoms with Crippen LogP contribution in [0.25, 0.3) is 0 Å². The van der Waals surface area contributed by atoms with E-state index in [-0.39, 0.29) is 16.5 Å². The van der Waals surface area contributed by atoms with Gasteiger partial charge >= 0.3 is 10.2 Å². The number of rotatable bonds is 2. The van der Waals surface area contributed by atoms with E-state index in [1.54, 1.807) is 0 Å². The number of ether oxygens (including phenoxy) is 1. The molecular formula is C13H24FNO3S. The Kier molecular flexibility index (Phi) is 3.52. The average molecular weight is 293 g/mol. The lowest BCUT2D eigenvalue weighted by Gasteiger charge is -2.53. The van der Waals surface area contributed by atoms with Crippen molar-refractivity contribution >= 4 is 10.2 Å². The number of piperidine rings is 1. The molecule has 0 amide bonds. The van der Waals surface area contributed by atoms with Crippen molar-refractivity contribution in [2.75, 3.05) is 12.4 Å². The van der Waals surface area contributed by atoms with E-state index in [0.717, 1.165) is 19.3 Å². The van der Waals surface area contributed by atoms with Crippen molar-refractivity contribution in [2.45, 2.75) is 64.1 Å². The minimum atomic E-state index is -4.50. The van der Waals surface area contributed by atoms with Crippen LogP contribution in [-0.2, 0) is 15.0 Å². The second-order valence-electron chi connectivity index (χ2n) is 7.42. The number of hydrogen-bond donors (Lipinski definition) is 1. The van der Waals surface area contributed by atoms with E-state index in [4.69, 9.17) is 4.74 Å². The molecule has 1 atom stereocenters. The zero-order valence-electron chi connectivity index (χ0n) is 12.1. The molecule has 0 radical (unpaired) electrons. The molecule has 1 unspecified atom stereocenters. The van der Waals surface area contributed by atoms with Crippen molar-refractivity contribution in [1.82, 2.24) is 5.32 Å². The Balaban J connectivity index is 2.29. The second-order valence-corrected chi connectivity index (χ2v) is 8.83. The van der Waals surface area contributed by atoms with Crippen LogP contribution in [0, 0.1) is 5.41 Å². The maximum atomic E-state index is 13.0. The van der Waals surface area contributed by atoms with E-state index >= 15 is 0 Å². The van der Waals surface area contributed by atoms with Gasteiger partial charge in [0.15, 0.2) is 0 Å². The van der Waals surface area contributed by atoms with E-state index in [1.807, 2.05) is 0 Å². The molecule has 0 bridgehead atoms. The minimum Gasteiger partial charge on any atom is -0.376 e. The summed E-state index contributed by atoms with van der Waals surface area (Å²) in [4.78, 5) is 0. The minimum absolute atomic E-state index is 0.103. The van der Waals surface area contributed by atoms with Crippen LogP contribution in [0.4, 0.5) is 3.89 Å². The monoisotopic (exact) mass is 293 g/mol. The predicted octanol–water partition coefficient (Wildman–Crippen LogP) is 2.00. The molecular weight excluding hydrogens is 269 g/mol. The van der Waals surface area contributed by atoms with Crippen molar-refractivity contribution in [3.63, 3.8) is 0 Å². The quantitative estimate of drug-likeness (QED) is 0.791. The number of hydrogen-bond acceptors (Lipinski definition) is 4. The summed E-state index contributed by atoms with van der Waals surface area (Å²) in [6.07, 6.45) is 1.90. The standard InChI is InChI=1S/C13H24FNO3S/c1-11(2)8-13(9-12(3,4)15-11)5-6-18-10(13)7-19(14,16)17/h10,15H,5-9H2,1-4H3. The molecule has 2 fully saturated rings. The normalized spacial score (nSPS) is 32.6. The molecule has 2 aliphatic rings. The van der Waals surface area contributed by atoms with Crippen LogP contribution in [0.5, 0.6) is 0 Å². The van der Waals surface area contributed by atoms with Crippen molar-refractivity contribution in [1.29, 1.82) is 0 Å². The molecule has 0 aromatic heterocycles. The van der Waals surface area contributed by atoms with Gasteiger partial charge in [-0.05, 0) is 47.0 Å². The molecule has 0 saturated carbocycles. The number of nitrogens with one attached hydrogen (secondary N) is 1. The van der Waals surface area contributed by atoms with E-state index in [1.165, 1.54) is 0 Å². The summed E-state index contributed by atoms with van der Waals surface area (Å²) in [5.41, 5.74) is -0.445. The van der Waals surface area contributed by atoms with Gasteiger partial charge in [-0.3, -0.25) is 0 Å². The van der Waals surface area contributed by atoms with Crippen LogP contribution in [0.1, 0.15) is 47.0 Å². The van der Waals surface area contributed by atoms with Crippen molar-refractivity contribution in [3.8, 4) is 0 Å². The van der Waals surface area contributed by atoms with Gasteiger partial charge in [0.1, 0.15) is 5.75 Å². The SMILES string of the molecule is CC1(C)CC2(CCOC2CS(=O)(=O)F)CC(C)(C)N1. The topological polar surface area (TPSA) is 55.4 Å². The van der Waals surface area contributed by atoms with Gasteiger partial charge in [-0.1, -0.05) is 0 Å². The highest BCUT2D eigenvalue weighted by atomic mass is 32.3. The Bertz CT molecular complexity index is 443. The maximum absolute atomic E-state index is 13.0. The first kappa shape index (κ1) is 15.2. The molecule has 6 heteroatoms. The zero-order chi connectivity index (χ0) is 14.5. The highest BCUT2D eigenvalue weighted by Crippen LogP contribution is 2.51. The molecule has 1 spiro atoms. The second kappa shape index (κ2) is 4.40. The molecule has 1 N–H and O–H groups in total. The summed E-state index contributed by atoms with van der Waals surface area (Å²) in [5, 5.41) is 3.57. The third kappa shape index (κ3) is 3.47. The predicted molar refractivity (Wildman–Crippen MR) is 72.2 cm³/mol. The van der Waals surface area contributed by atoms with Gasteiger partial charge in [-0.25, -0.2) is 0 Å². The maximum Gasteiger partial charge on any atom is 0.304 e. The molecule has 2 saturated heterocycles. The summed E-state index contributed by atoms with van der Waals surface area (Å²) >= 11 is 0. The van der Waals surface area contributed by atoms with Gasteiger partial charge in [0.2, 0.25) is 0 Å². The fraction of sp³-hybridized carbons (Fsp3) is 1.00. The van der Waals surface area contributed by atoms with Crippen molar-refractivity contribution in [3.05, 3.63) is 0 Å². The van der Waals surface area contributed by atoms with Gasteiger partial charge in [-0.2, -0.15) is 8.42 Å². The first-order valence-corrected chi connectivity index (χ1v) is 8.32. The first-order valence-electron chi connectivity index (χ1n) is 6.77. The molecule has 2 heterocycles. The summed E-state index contributed by atoms with van der Waals surface area (Å²) in [6.45, 7) is 8.94. The van der Waals surface area contributed by atoms with Crippen LogP contribution in [0.3, 0.4) is 0 Å². The van der Waals surface area contributed by atoms with Gasteiger partial charge in [0.25, 0.3) is 0 Å². The zero-order valence-corrected chi connectivity index (χ0v) is 12.9. The molecule has 0 aliphatic carbocycles. The van der Waals surface area contributed by atoms with E-state index < -0.39 is 22.1 Å². The molecule has 4 nitrogen and oxygen atoms in total. The molecule has 0 aromatic rings. The fourth-order valence-corrected chi connectivity index (χ4v) is 5.19. The smallest absolute Gasteiger partial charge is 0.304 e. The lowest BCUT2D eigenvalue weighted by Crippen LogP contribution is -2.63. The van der Waals surface area contributed by atoms with Crippen LogP contribution in [0.15, 0.2) is 0 Å². The lowest BCUT2D eigenvalue weighted by atomic mass is 9.62. The van der Waals surface area contributed by atoms with Gasteiger partial charge in [0, 0.05) is 23.1 Å². The summed E-state index contributed by atoms with van der Waals surface area (Å²) in [7, 11) is -4.50. The Morgan fingerprint density at radius 3 is 2.21 bits per heavy atom. The highest BCUT2D eigenvalue weighted by Gasteiger charge is 2.54. The first-order chi connectivity index (χ1) is 8.43. The summed E-state index contributed by atoms with van der Waals surface area (Å²) in [6, 6.07) is 0. The van der Waals surface area contributed by atoms with Gasteiger partial charge < -0.3 is 10.1 Å². The highest BCUT2D eigenvalue weighted by molar-refractivity contribution is 7.86. The van der Waals surface area contributed by atoms with Crippen molar-refractivity contribution in [2.24, 2.45) is 5.41 Å². The van der Waals surface area contributed by atoms with E-state index in [9.17, 15) is 12.3 Å². The van der Waals surface area contributed by atoms with E-state index in [0.29, 0.717) is 6.61 Å². The Morgan fingerprint density at radius 1 is 1.21 bits per heavy atom. The lowest BCUT2D eigenvalue weighted by molar-refractivity contribution is -0.0109. The summed E-state index contributed by atoms with van der Waals surface area (Å²) < 4.78 is 40.5. The van der Waals surface area contributed by atoms with Crippen molar-refractivity contribution < 1.29 is 17.0 Å². The third-order valence-electron chi connectivity index (χ3n) is 4.22. The molecule has 0 aromatic carbocycles. The Hall–Kier alpha value is -0.200. The average Bonchev–Trinajstić information content (AvgIpc) is 2.38. The van der Waals surface area contributed by atoms with Gasteiger partial charge in [-0.15, -0.1) is 3.89 Å². The van der Waals surface area contributed by atoms with Crippen LogP contribution in [-0.4, -0.2) is 38.0 Å². The fourth-order valence-electron chi connectivity index (χ4n) is 4.38. The van der Waals surface area contributed by atoms with Crippen LogP contribution < -0.4 is 5.32 Å². The van der Waals surface area contributed by atoms with Gasteiger partial charge in [0.05, 0.1) is 6.10 Å².